The predicted molar refractivity (Wildman–Crippen MR) is 149 cm³/mol. The van der Waals surface area contributed by atoms with Crippen molar-refractivity contribution in [1.82, 2.24) is 10.2 Å². The maximum absolute atomic E-state index is 13.2. The monoisotopic (exact) mass is 532 g/mol. The molecule has 9 heteroatoms. The van der Waals surface area contributed by atoms with E-state index in [2.05, 4.69) is 5.32 Å². The molecule has 2 aromatic carbocycles. The number of nitrogens with zero attached hydrogens (tertiary/aromatic N) is 3. The Kier molecular flexibility index (Phi) is 7.34. The van der Waals surface area contributed by atoms with Crippen LogP contribution in [0.4, 0.5) is 16.2 Å². The lowest BCUT2D eigenvalue weighted by Gasteiger charge is -2.41. The minimum Gasteiger partial charge on any atom is -0.446 e. The van der Waals surface area contributed by atoms with Gasteiger partial charge in [0.15, 0.2) is 0 Å². The lowest BCUT2D eigenvalue weighted by molar-refractivity contribution is -0.120. The number of fused-ring (bicyclic) bond motifs is 1. The molecule has 1 saturated heterocycles. The van der Waals surface area contributed by atoms with Gasteiger partial charge in [-0.05, 0) is 75.4 Å². The van der Waals surface area contributed by atoms with Gasteiger partial charge in [0, 0.05) is 44.1 Å². The van der Waals surface area contributed by atoms with Crippen molar-refractivity contribution in [2.24, 2.45) is 5.92 Å². The van der Waals surface area contributed by atoms with E-state index in [1.54, 1.807) is 21.9 Å². The maximum Gasteiger partial charge on any atom is 0.414 e. The maximum atomic E-state index is 13.2. The Balaban J connectivity index is 1.40. The fourth-order valence-electron chi connectivity index (χ4n) is 5.44. The van der Waals surface area contributed by atoms with Gasteiger partial charge in [-0.1, -0.05) is 18.2 Å². The van der Waals surface area contributed by atoms with Crippen molar-refractivity contribution in [3.05, 3.63) is 48.0 Å². The SMILES string of the molecule is CC(=O)N[C@@H]1CCN(C(=O)c2ccc(-c3ccc4c(c3)N(C(=O)OC(C)C)C[C@H](C)N4C(=O)C3CC3)cc2)C1. The van der Waals surface area contributed by atoms with Crippen LogP contribution in [0.1, 0.15) is 57.3 Å². The van der Waals surface area contributed by atoms with Crippen LogP contribution < -0.4 is 15.1 Å². The van der Waals surface area contributed by atoms with Gasteiger partial charge in [-0.3, -0.25) is 19.3 Å². The lowest BCUT2D eigenvalue weighted by Crippen LogP contribution is -2.52. The summed E-state index contributed by atoms with van der Waals surface area (Å²) in [4.78, 5) is 55.8. The van der Waals surface area contributed by atoms with Crippen LogP contribution in [0.2, 0.25) is 0 Å². The molecule has 0 unspecified atom stereocenters. The number of rotatable bonds is 5. The largest absolute Gasteiger partial charge is 0.446 e. The van der Waals surface area contributed by atoms with Crippen LogP contribution in [0.5, 0.6) is 0 Å². The lowest BCUT2D eigenvalue weighted by atomic mass is 9.99. The Morgan fingerprint density at radius 1 is 0.923 bits per heavy atom. The second-order valence-electron chi connectivity index (χ2n) is 11.1. The van der Waals surface area contributed by atoms with Crippen molar-refractivity contribution in [2.75, 3.05) is 29.4 Å². The van der Waals surface area contributed by atoms with Gasteiger partial charge in [0.2, 0.25) is 11.8 Å². The molecule has 39 heavy (non-hydrogen) atoms. The van der Waals surface area contributed by atoms with Gasteiger partial charge >= 0.3 is 6.09 Å². The Labute approximate surface area is 229 Å². The Morgan fingerprint density at radius 3 is 2.26 bits per heavy atom. The average molecular weight is 533 g/mol. The first-order chi connectivity index (χ1) is 18.6. The van der Waals surface area contributed by atoms with Crippen molar-refractivity contribution in [1.29, 1.82) is 0 Å². The molecule has 0 spiro atoms. The summed E-state index contributed by atoms with van der Waals surface area (Å²) in [6, 6.07) is 13.0. The minimum absolute atomic E-state index is 0.0133. The summed E-state index contributed by atoms with van der Waals surface area (Å²) in [5.41, 5.74) is 3.70. The molecule has 2 heterocycles. The van der Waals surface area contributed by atoms with E-state index in [0.717, 1.165) is 30.4 Å². The molecule has 206 valence electrons. The van der Waals surface area contributed by atoms with Crippen LogP contribution >= 0.6 is 0 Å². The molecule has 4 amide bonds. The molecule has 2 aromatic rings. The van der Waals surface area contributed by atoms with Gasteiger partial charge in [0.1, 0.15) is 0 Å². The van der Waals surface area contributed by atoms with Crippen molar-refractivity contribution in [3.63, 3.8) is 0 Å². The summed E-state index contributed by atoms with van der Waals surface area (Å²) >= 11 is 0. The summed E-state index contributed by atoms with van der Waals surface area (Å²) in [6.07, 6.45) is 1.86. The Morgan fingerprint density at radius 2 is 1.62 bits per heavy atom. The number of carbonyl (C=O) groups is 4. The second-order valence-corrected chi connectivity index (χ2v) is 11.1. The third-order valence-electron chi connectivity index (χ3n) is 7.48. The number of amides is 4. The molecule has 2 fully saturated rings. The van der Waals surface area contributed by atoms with Gasteiger partial charge in [-0.15, -0.1) is 0 Å². The predicted octanol–water partition coefficient (Wildman–Crippen LogP) is 4.20. The summed E-state index contributed by atoms with van der Waals surface area (Å²) in [7, 11) is 0. The number of hydrogen-bond donors (Lipinski definition) is 1. The van der Waals surface area contributed by atoms with Crippen LogP contribution in [0, 0.1) is 5.92 Å². The number of ether oxygens (including phenoxy) is 1. The third-order valence-corrected chi connectivity index (χ3v) is 7.48. The first kappa shape index (κ1) is 26.7. The summed E-state index contributed by atoms with van der Waals surface area (Å²) in [5.74, 6) is 0.0159. The van der Waals surface area contributed by atoms with Crippen LogP contribution in [-0.2, 0) is 14.3 Å². The van der Waals surface area contributed by atoms with Crippen molar-refractivity contribution < 1.29 is 23.9 Å². The Bertz CT molecular complexity index is 1290. The summed E-state index contributed by atoms with van der Waals surface area (Å²) in [5, 5.41) is 2.88. The number of anilines is 2. The third kappa shape index (κ3) is 5.62. The molecule has 9 nitrogen and oxygen atoms in total. The minimum atomic E-state index is -0.433. The van der Waals surface area contributed by atoms with Crippen molar-refractivity contribution in [2.45, 2.75) is 65.1 Å². The zero-order valence-corrected chi connectivity index (χ0v) is 23.0. The standard InChI is InChI=1S/C30H36N4O5/c1-18(2)39-30(38)33-16-19(3)34(29(37)23-9-10-23)26-12-11-24(15-27(26)33)21-5-7-22(8-6-21)28(36)32-14-13-25(17-32)31-20(4)35/h5-8,11-12,15,18-19,23,25H,9-10,13-14,16-17H2,1-4H3,(H,31,35)/t19-,25+/m0/s1. The topological polar surface area (TPSA) is 99.3 Å². The van der Waals surface area contributed by atoms with E-state index in [9.17, 15) is 19.2 Å². The van der Waals surface area contributed by atoms with Crippen LogP contribution in [0.3, 0.4) is 0 Å². The second kappa shape index (κ2) is 10.7. The molecule has 2 aliphatic heterocycles. The van der Waals surface area contributed by atoms with Crippen molar-refractivity contribution in [3.8, 4) is 11.1 Å². The van der Waals surface area contributed by atoms with E-state index in [4.69, 9.17) is 4.74 Å². The molecule has 1 aliphatic carbocycles. The molecule has 5 rings (SSSR count). The van der Waals surface area contributed by atoms with E-state index in [1.807, 2.05) is 56.0 Å². The number of carbonyl (C=O) groups excluding carboxylic acids is 4. The highest BCUT2D eigenvalue weighted by Crippen LogP contribution is 2.42. The molecule has 1 saturated carbocycles. The van der Waals surface area contributed by atoms with Gasteiger partial charge in [0.25, 0.3) is 5.91 Å². The quantitative estimate of drug-likeness (QED) is 0.622. The van der Waals surface area contributed by atoms with E-state index in [1.165, 1.54) is 6.92 Å². The van der Waals surface area contributed by atoms with Gasteiger partial charge in [-0.25, -0.2) is 4.79 Å². The molecule has 3 aliphatic rings. The highest BCUT2D eigenvalue weighted by atomic mass is 16.6. The molecule has 1 N–H and O–H groups in total. The zero-order valence-electron chi connectivity index (χ0n) is 23.0. The van der Waals surface area contributed by atoms with E-state index in [0.29, 0.717) is 36.6 Å². The first-order valence-electron chi connectivity index (χ1n) is 13.7. The summed E-state index contributed by atoms with van der Waals surface area (Å²) in [6.45, 7) is 8.53. The number of benzene rings is 2. The smallest absolute Gasteiger partial charge is 0.414 e. The number of hydrogen-bond acceptors (Lipinski definition) is 5. The fourth-order valence-corrected chi connectivity index (χ4v) is 5.44. The molecule has 0 bridgehead atoms. The average Bonchev–Trinajstić information content (AvgIpc) is 3.65. The van der Waals surface area contributed by atoms with E-state index >= 15 is 0 Å². The van der Waals surface area contributed by atoms with E-state index in [-0.39, 0.29) is 41.8 Å². The molecule has 0 radical (unpaired) electrons. The van der Waals surface area contributed by atoms with Crippen LogP contribution in [0.25, 0.3) is 11.1 Å². The first-order valence-corrected chi connectivity index (χ1v) is 13.7. The van der Waals surface area contributed by atoms with Gasteiger partial charge in [0.05, 0.1) is 23.5 Å². The van der Waals surface area contributed by atoms with E-state index < -0.39 is 6.09 Å². The van der Waals surface area contributed by atoms with Crippen molar-refractivity contribution >= 4 is 35.2 Å². The molecular weight excluding hydrogens is 496 g/mol. The van der Waals surface area contributed by atoms with Crippen LogP contribution in [-0.4, -0.2) is 66.5 Å². The highest BCUT2D eigenvalue weighted by Gasteiger charge is 2.41. The Hall–Kier alpha value is -3.88. The summed E-state index contributed by atoms with van der Waals surface area (Å²) < 4.78 is 5.53. The highest BCUT2D eigenvalue weighted by molar-refractivity contribution is 6.05. The number of nitrogens with one attached hydrogen (secondary N) is 1. The van der Waals surface area contributed by atoms with Crippen LogP contribution in [0.15, 0.2) is 42.5 Å². The normalized spacial score (nSPS) is 20.6. The molecule has 0 aromatic heterocycles. The van der Waals surface area contributed by atoms with Gasteiger partial charge in [-0.2, -0.15) is 0 Å². The van der Waals surface area contributed by atoms with Gasteiger partial charge < -0.3 is 19.9 Å². The molecular formula is C30H36N4O5. The zero-order chi connectivity index (χ0) is 27.8. The number of likely N-dealkylation sites (tertiary alicyclic amines) is 1. The molecule has 2 atom stereocenters. The fraction of sp³-hybridized carbons (Fsp3) is 0.467.